The third kappa shape index (κ3) is 1.89. The average molecular weight is 308 g/mol. The maximum atomic E-state index is 12.1. The van der Waals surface area contributed by atoms with Crippen LogP contribution in [-0.4, -0.2) is 37.6 Å². The van der Waals surface area contributed by atoms with Gasteiger partial charge >= 0.3 is 0 Å². The minimum atomic E-state index is 0.114. The Labute approximate surface area is 132 Å². The second-order valence-corrected chi connectivity index (χ2v) is 6.40. The highest BCUT2D eigenvalue weighted by Crippen LogP contribution is 2.37. The van der Waals surface area contributed by atoms with E-state index in [2.05, 4.69) is 30.9 Å². The van der Waals surface area contributed by atoms with Crippen LogP contribution in [0.4, 0.5) is 5.82 Å². The van der Waals surface area contributed by atoms with Gasteiger partial charge in [-0.3, -0.25) is 4.79 Å². The molecule has 1 saturated heterocycles. The second kappa shape index (κ2) is 4.65. The van der Waals surface area contributed by atoms with Gasteiger partial charge in [0.15, 0.2) is 11.5 Å². The van der Waals surface area contributed by atoms with Crippen molar-refractivity contribution in [3.8, 4) is 0 Å². The first-order valence-corrected chi connectivity index (χ1v) is 7.88. The molecule has 3 aromatic rings. The molecule has 2 aliphatic rings. The number of rotatable bonds is 1. The topological polar surface area (TPSA) is 79.7 Å². The zero-order valence-corrected chi connectivity index (χ0v) is 12.5. The van der Waals surface area contributed by atoms with Crippen LogP contribution < -0.4 is 10.5 Å². The van der Waals surface area contributed by atoms with Crippen LogP contribution in [0.2, 0.25) is 0 Å². The highest BCUT2D eigenvalue weighted by molar-refractivity contribution is 5.82. The van der Waals surface area contributed by atoms with E-state index in [-0.39, 0.29) is 5.56 Å². The van der Waals surface area contributed by atoms with E-state index in [0.29, 0.717) is 17.5 Å². The molecule has 0 amide bonds. The summed E-state index contributed by atoms with van der Waals surface area (Å²) in [6.45, 7) is 2.56. The van der Waals surface area contributed by atoms with Gasteiger partial charge in [0.25, 0.3) is 5.56 Å². The van der Waals surface area contributed by atoms with Crippen LogP contribution >= 0.6 is 0 Å². The van der Waals surface area contributed by atoms with E-state index in [1.54, 1.807) is 18.7 Å². The van der Waals surface area contributed by atoms with Gasteiger partial charge in [-0.05, 0) is 18.4 Å². The molecule has 23 heavy (non-hydrogen) atoms. The van der Waals surface area contributed by atoms with Gasteiger partial charge in [0, 0.05) is 37.3 Å². The van der Waals surface area contributed by atoms with Crippen molar-refractivity contribution in [2.45, 2.75) is 18.9 Å². The molecule has 5 rings (SSSR count). The van der Waals surface area contributed by atoms with E-state index < -0.39 is 0 Å². The fraction of sp³-hybridized carbons (Fsp3) is 0.375. The number of pyridine rings is 1. The lowest BCUT2D eigenvalue weighted by atomic mass is 9.83. The quantitative estimate of drug-likeness (QED) is 0.729. The molecule has 0 spiro atoms. The Kier molecular flexibility index (Phi) is 2.59. The van der Waals surface area contributed by atoms with Crippen molar-refractivity contribution in [2.24, 2.45) is 5.92 Å². The van der Waals surface area contributed by atoms with Crippen molar-refractivity contribution in [1.29, 1.82) is 0 Å². The van der Waals surface area contributed by atoms with Crippen molar-refractivity contribution in [2.75, 3.05) is 18.0 Å². The average Bonchev–Trinajstić information content (AvgIpc) is 3.04. The lowest BCUT2D eigenvalue weighted by Crippen LogP contribution is -2.47. The number of nitrogens with zero attached hydrogens (tertiary/aromatic N) is 5. The molecule has 2 bridgehead atoms. The molecular weight excluding hydrogens is 292 g/mol. The Bertz CT molecular complexity index is 945. The minimum Gasteiger partial charge on any atom is -0.354 e. The zero-order chi connectivity index (χ0) is 15.4. The monoisotopic (exact) mass is 308 g/mol. The van der Waals surface area contributed by atoms with Gasteiger partial charge in [-0.2, -0.15) is 0 Å². The van der Waals surface area contributed by atoms with Crippen LogP contribution in [-0.2, 0) is 6.54 Å². The summed E-state index contributed by atoms with van der Waals surface area (Å²) in [7, 11) is 0. The smallest absolute Gasteiger partial charge is 0.250 e. The third-order valence-electron chi connectivity index (χ3n) is 4.98. The van der Waals surface area contributed by atoms with Crippen LogP contribution in [0.5, 0.6) is 0 Å². The number of H-pyrrole nitrogens is 1. The highest BCUT2D eigenvalue weighted by atomic mass is 16.1. The van der Waals surface area contributed by atoms with Crippen LogP contribution in [0.3, 0.4) is 0 Å². The summed E-state index contributed by atoms with van der Waals surface area (Å²) < 4.78 is 1.95. The standard InChI is InChI=1S/C16H16N6O/c23-13-3-1-2-12-11-4-10(6-22(12)13)5-21(7-11)16-14-15(18-8-17-14)19-9-20-16/h1-3,8-11H,4-7H2,(H,17,18,19,20)/t10-,11-/m0/s1. The Balaban J connectivity index is 1.57. The largest absolute Gasteiger partial charge is 0.354 e. The number of imidazole rings is 1. The summed E-state index contributed by atoms with van der Waals surface area (Å²) in [6, 6.07) is 5.60. The molecule has 0 aliphatic carbocycles. The molecule has 2 aliphatic heterocycles. The predicted octanol–water partition coefficient (Wildman–Crippen LogP) is 1.14. The highest BCUT2D eigenvalue weighted by Gasteiger charge is 2.35. The molecular formula is C16H16N6O. The molecule has 2 atom stereocenters. The molecule has 7 nitrogen and oxygen atoms in total. The Hall–Kier alpha value is -2.70. The van der Waals surface area contributed by atoms with E-state index in [1.165, 1.54) is 0 Å². The summed E-state index contributed by atoms with van der Waals surface area (Å²) in [5.41, 5.74) is 2.84. The molecule has 7 heteroatoms. The molecule has 0 saturated carbocycles. The molecule has 0 radical (unpaired) electrons. The molecule has 5 heterocycles. The normalized spacial score (nSPS) is 23.0. The molecule has 1 fully saturated rings. The number of aromatic nitrogens is 5. The van der Waals surface area contributed by atoms with E-state index in [0.717, 1.165) is 43.1 Å². The lowest BCUT2D eigenvalue weighted by molar-refractivity contribution is 0.281. The fourth-order valence-electron chi connectivity index (χ4n) is 4.06. The van der Waals surface area contributed by atoms with Crippen LogP contribution in [0.15, 0.2) is 35.6 Å². The van der Waals surface area contributed by atoms with Crippen molar-refractivity contribution < 1.29 is 0 Å². The minimum absolute atomic E-state index is 0.114. The van der Waals surface area contributed by atoms with Gasteiger partial charge in [0.2, 0.25) is 0 Å². The second-order valence-electron chi connectivity index (χ2n) is 6.40. The van der Waals surface area contributed by atoms with Gasteiger partial charge in [0.1, 0.15) is 11.8 Å². The molecule has 0 unspecified atom stereocenters. The summed E-state index contributed by atoms with van der Waals surface area (Å²) >= 11 is 0. The number of aromatic amines is 1. The third-order valence-corrected chi connectivity index (χ3v) is 4.98. The lowest BCUT2D eigenvalue weighted by Gasteiger charge is -2.43. The van der Waals surface area contributed by atoms with Crippen molar-refractivity contribution in [1.82, 2.24) is 24.5 Å². The van der Waals surface area contributed by atoms with Crippen LogP contribution in [0.1, 0.15) is 18.0 Å². The van der Waals surface area contributed by atoms with Gasteiger partial charge in [-0.25, -0.2) is 15.0 Å². The molecule has 3 aromatic heterocycles. The Morgan fingerprint density at radius 3 is 3.04 bits per heavy atom. The van der Waals surface area contributed by atoms with Gasteiger partial charge < -0.3 is 14.5 Å². The number of anilines is 1. The van der Waals surface area contributed by atoms with Gasteiger partial charge in [0.05, 0.1) is 6.33 Å². The van der Waals surface area contributed by atoms with E-state index in [1.807, 2.05) is 10.6 Å². The maximum Gasteiger partial charge on any atom is 0.250 e. The SMILES string of the molecule is O=c1cccc2n1C[C@H]1C[C@H]2CN(c2ncnc3nc[nH]c23)C1. The van der Waals surface area contributed by atoms with Crippen molar-refractivity contribution in [3.63, 3.8) is 0 Å². The van der Waals surface area contributed by atoms with E-state index in [9.17, 15) is 4.79 Å². The number of piperidine rings is 1. The zero-order valence-electron chi connectivity index (χ0n) is 12.5. The van der Waals surface area contributed by atoms with E-state index >= 15 is 0 Å². The summed E-state index contributed by atoms with van der Waals surface area (Å²) in [5, 5.41) is 0. The van der Waals surface area contributed by atoms with Gasteiger partial charge in [-0.1, -0.05) is 6.07 Å². The first-order chi connectivity index (χ1) is 11.3. The summed E-state index contributed by atoms with van der Waals surface area (Å²) in [6.07, 6.45) is 4.36. The van der Waals surface area contributed by atoms with Gasteiger partial charge in [-0.15, -0.1) is 0 Å². The van der Waals surface area contributed by atoms with Crippen molar-refractivity contribution in [3.05, 3.63) is 46.9 Å². The summed E-state index contributed by atoms with van der Waals surface area (Å²) in [5.74, 6) is 1.74. The Morgan fingerprint density at radius 2 is 2.09 bits per heavy atom. The first kappa shape index (κ1) is 12.8. The number of hydrogen-bond acceptors (Lipinski definition) is 5. The van der Waals surface area contributed by atoms with Crippen LogP contribution in [0.25, 0.3) is 11.2 Å². The fourth-order valence-corrected chi connectivity index (χ4v) is 4.06. The number of nitrogens with one attached hydrogen (secondary N) is 1. The van der Waals surface area contributed by atoms with Crippen molar-refractivity contribution >= 4 is 17.0 Å². The molecule has 116 valence electrons. The van der Waals surface area contributed by atoms with E-state index in [4.69, 9.17) is 0 Å². The summed E-state index contributed by atoms with van der Waals surface area (Å²) in [4.78, 5) is 30.4. The molecule has 1 N–H and O–H groups in total. The predicted molar refractivity (Wildman–Crippen MR) is 85.4 cm³/mol. The number of hydrogen-bond donors (Lipinski definition) is 1. The Morgan fingerprint density at radius 1 is 1.13 bits per heavy atom. The number of fused-ring (bicyclic) bond motifs is 5. The first-order valence-electron chi connectivity index (χ1n) is 7.88. The maximum absolute atomic E-state index is 12.1. The molecule has 0 aromatic carbocycles. The van der Waals surface area contributed by atoms with Crippen LogP contribution in [0, 0.1) is 5.92 Å².